The van der Waals surface area contributed by atoms with E-state index >= 15 is 0 Å². The molecule has 27 heavy (non-hydrogen) atoms. The van der Waals surface area contributed by atoms with Gasteiger partial charge in [-0.1, -0.05) is 24.3 Å². The van der Waals surface area contributed by atoms with Gasteiger partial charge in [-0.25, -0.2) is 0 Å². The molecule has 2 amide bonds. The van der Waals surface area contributed by atoms with E-state index in [4.69, 9.17) is 4.74 Å². The van der Waals surface area contributed by atoms with Gasteiger partial charge in [-0.2, -0.15) is 0 Å². The summed E-state index contributed by atoms with van der Waals surface area (Å²) in [5.41, 5.74) is 2.25. The number of carbonyl (C=O) groups is 2. The van der Waals surface area contributed by atoms with E-state index in [-0.39, 0.29) is 25.0 Å². The van der Waals surface area contributed by atoms with E-state index in [2.05, 4.69) is 16.4 Å². The van der Waals surface area contributed by atoms with Gasteiger partial charge in [0, 0.05) is 28.5 Å². The van der Waals surface area contributed by atoms with Crippen LogP contribution >= 0.6 is 11.3 Å². The number of nitrogens with zero attached hydrogens (tertiary/aromatic N) is 1. The van der Waals surface area contributed by atoms with Gasteiger partial charge in [0.2, 0.25) is 11.8 Å². The van der Waals surface area contributed by atoms with Crippen LogP contribution in [0.2, 0.25) is 0 Å². The molecule has 6 nitrogen and oxygen atoms in total. The summed E-state index contributed by atoms with van der Waals surface area (Å²) < 4.78 is 5.32. The zero-order valence-electron chi connectivity index (χ0n) is 14.8. The summed E-state index contributed by atoms with van der Waals surface area (Å²) in [5, 5.41) is 6.10. The molecule has 2 N–H and O–H groups in total. The molecular formula is C20H21N3O3S. The number of hydrogen-bond donors (Lipinski definition) is 2. The van der Waals surface area contributed by atoms with Crippen LogP contribution in [0.4, 0.5) is 0 Å². The molecule has 0 saturated carbocycles. The minimum atomic E-state index is -0.587. The number of aromatic amines is 1. The van der Waals surface area contributed by atoms with Gasteiger partial charge in [0.1, 0.15) is 12.6 Å². The van der Waals surface area contributed by atoms with Crippen molar-refractivity contribution in [2.24, 2.45) is 0 Å². The molecule has 1 unspecified atom stereocenters. The quantitative estimate of drug-likeness (QED) is 0.686. The van der Waals surface area contributed by atoms with E-state index in [1.54, 1.807) is 16.2 Å². The number of hydrogen-bond acceptors (Lipinski definition) is 4. The monoisotopic (exact) mass is 383 g/mol. The van der Waals surface area contributed by atoms with Crippen molar-refractivity contribution in [3.63, 3.8) is 0 Å². The first-order valence-corrected chi connectivity index (χ1v) is 9.82. The Kier molecular flexibility index (Phi) is 5.22. The second kappa shape index (κ2) is 7.94. The average Bonchev–Trinajstić information content (AvgIpc) is 3.33. The number of benzene rings is 1. The molecule has 1 fully saturated rings. The number of H-pyrrole nitrogens is 1. The largest absolute Gasteiger partial charge is 0.369 e. The maximum absolute atomic E-state index is 12.7. The molecule has 1 saturated heterocycles. The molecule has 3 aromatic rings. The summed E-state index contributed by atoms with van der Waals surface area (Å²) in [7, 11) is 0. The number of nitrogens with one attached hydrogen (secondary N) is 2. The van der Waals surface area contributed by atoms with Gasteiger partial charge in [0.25, 0.3) is 0 Å². The maximum atomic E-state index is 12.7. The van der Waals surface area contributed by atoms with Crippen molar-refractivity contribution in [2.75, 3.05) is 19.8 Å². The van der Waals surface area contributed by atoms with E-state index < -0.39 is 6.04 Å². The topological polar surface area (TPSA) is 74.4 Å². The van der Waals surface area contributed by atoms with E-state index in [1.165, 1.54) is 5.39 Å². The zero-order valence-corrected chi connectivity index (χ0v) is 15.6. The fourth-order valence-electron chi connectivity index (χ4n) is 3.37. The molecule has 0 bridgehead atoms. The number of morpholine rings is 1. The molecule has 2 aromatic heterocycles. The van der Waals surface area contributed by atoms with Crippen LogP contribution in [0.25, 0.3) is 10.9 Å². The third-order valence-corrected chi connectivity index (χ3v) is 5.64. The Morgan fingerprint density at radius 1 is 1.30 bits per heavy atom. The SMILES string of the molecule is O=C(NCCc1c[nH]c2ccccc12)C1COCC(=O)N1Cc1cccs1. The average molecular weight is 383 g/mol. The van der Waals surface area contributed by atoms with Gasteiger partial charge in [-0.3, -0.25) is 9.59 Å². The van der Waals surface area contributed by atoms with Crippen LogP contribution in [-0.2, 0) is 27.3 Å². The molecule has 7 heteroatoms. The zero-order chi connectivity index (χ0) is 18.6. The number of fused-ring (bicyclic) bond motifs is 1. The number of para-hydroxylation sites is 1. The Morgan fingerprint density at radius 2 is 2.19 bits per heavy atom. The lowest BCUT2D eigenvalue weighted by Crippen LogP contribution is -2.56. The first kappa shape index (κ1) is 17.8. The Bertz CT molecular complexity index is 935. The minimum Gasteiger partial charge on any atom is -0.369 e. The molecule has 1 atom stereocenters. The Balaban J connectivity index is 1.38. The van der Waals surface area contributed by atoms with Gasteiger partial charge >= 0.3 is 0 Å². The van der Waals surface area contributed by atoms with Crippen molar-refractivity contribution in [2.45, 2.75) is 19.0 Å². The maximum Gasteiger partial charge on any atom is 0.249 e. The summed E-state index contributed by atoms with van der Waals surface area (Å²) >= 11 is 1.58. The number of amides is 2. The third kappa shape index (κ3) is 3.89. The lowest BCUT2D eigenvalue weighted by molar-refractivity contribution is -0.155. The second-order valence-corrected chi connectivity index (χ2v) is 7.56. The first-order chi connectivity index (χ1) is 13.2. The summed E-state index contributed by atoms with van der Waals surface area (Å²) in [5.74, 6) is -0.314. The van der Waals surface area contributed by atoms with Gasteiger partial charge in [-0.15, -0.1) is 11.3 Å². The standard InChI is InChI=1S/C20H21N3O3S/c24-19-13-26-12-18(23(19)11-15-4-3-9-27-15)20(25)21-8-7-14-10-22-17-6-2-1-5-16(14)17/h1-6,9-10,18,22H,7-8,11-13H2,(H,21,25). The lowest BCUT2D eigenvalue weighted by atomic mass is 10.1. The summed E-state index contributed by atoms with van der Waals surface area (Å²) in [4.78, 5) is 30.9. The van der Waals surface area contributed by atoms with E-state index in [0.717, 1.165) is 22.4 Å². The number of rotatable bonds is 6. The molecular weight excluding hydrogens is 362 g/mol. The molecule has 3 heterocycles. The number of aromatic nitrogens is 1. The molecule has 0 radical (unpaired) electrons. The number of thiophene rings is 1. The highest BCUT2D eigenvalue weighted by Crippen LogP contribution is 2.19. The highest BCUT2D eigenvalue weighted by Gasteiger charge is 2.34. The van der Waals surface area contributed by atoms with Crippen LogP contribution in [0, 0.1) is 0 Å². The predicted molar refractivity (Wildman–Crippen MR) is 104 cm³/mol. The van der Waals surface area contributed by atoms with Gasteiger partial charge in [0.05, 0.1) is 13.2 Å². The van der Waals surface area contributed by atoms with E-state index in [1.807, 2.05) is 41.9 Å². The van der Waals surface area contributed by atoms with Crippen molar-refractivity contribution in [1.29, 1.82) is 0 Å². The fourth-order valence-corrected chi connectivity index (χ4v) is 4.07. The lowest BCUT2D eigenvalue weighted by Gasteiger charge is -2.34. The highest BCUT2D eigenvalue weighted by molar-refractivity contribution is 7.09. The second-order valence-electron chi connectivity index (χ2n) is 6.53. The minimum absolute atomic E-state index is 0.0322. The third-order valence-electron chi connectivity index (χ3n) is 4.78. The van der Waals surface area contributed by atoms with Crippen molar-refractivity contribution >= 4 is 34.1 Å². The summed E-state index contributed by atoms with van der Waals surface area (Å²) in [6.45, 7) is 1.22. The Morgan fingerprint density at radius 3 is 3.04 bits per heavy atom. The molecule has 1 aliphatic rings. The van der Waals surface area contributed by atoms with Crippen LogP contribution < -0.4 is 5.32 Å². The molecule has 1 aliphatic heterocycles. The van der Waals surface area contributed by atoms with Crippen molar-refractivity contribution in [3.05, 3.63) is 58.4 Å². The molecule has 140 valence electrons. The predicted octanol–water partition coefficient (Wildman–Crippen LogP) is 2.32. The summed E-state index contributed by atoms with van der Waals surface area (Å²) in [6, 6.07) is 11.4. The van der Waals surface area contributed by atoms with E-state index in [9.17, 15) is 9.59 Å². The smallest absolute Gasteiger partial charge is 0.249 e. The van der Waals surface area contributed by atoms with Crippen LogP contribution in [-0.4, -0.2) is 47.5 Å². The van der Waals surface area contributed by atoms with Crippen molar-refractivity contribution < 1.29 is 14.3 Å². The van der Waals surface area contributed by atoms with E-state index in [0.29, 0.717) is 13.1 Å². The summed E-state index contributed by atoms with van der Waals surface area (Å²) in [6.07, 6.45) is 2.70. The van der Waals surface area contributed by atoms with Crippen molar-refractivity contribution in [1.82, 2.24) is 15.2 Å². The molecule has 0 spiro atoms. The normalized spacial score (nSPS) is 17.4. The number of ether oxygens (including phenoxy) is 1. The van der Waals surface area contributed by atoms with Crippen LogP contribution in [0.5, 0.6) is 0 Å². The van der Waals surface area contributed by atoms with Gasteiger partial charge < -0.3 is 19.9 Å². The van der Waals surface area contributed by atoms with Crippen LogP contribution in [0.3, 0.4) is 0 Å². The highest BCUT2D eigenvalue weighted by atomic mass is 32.1. The molecule has 4 rings (SSSR count). The fraction of sp³-hybridized carbons (Fsp3) is 0.300. The van der Waals surface area contributed by atoms with Crippen LogP contribution in [0.15, 0.2) is 48.0 Å². The molecule has 1 aromatic carbocycles. The van der Waals surface area contributed by atoms with Crippen molar-refractivity contribution in [3.8, 4) is 0 Å². The first-order valence-electron chi connectivity index (χ1n) is 8.94. The van der Waals surface area contributed by atoms with Gasteiger partial charge in [0.15, 0.2) is 0 Å². The molecule has 0 aliphatic carbocycles. The van der Waals surface area contributed by atoms with Crippen LogP contribution in [0.1, 0.15) is 10.4 Å². The Labute approximate surface area is 161 Å². The Hall–Kier alpha value is -2.64. The van der Waals surface area contributed by atoms with Gasteiger partial charge in [-0.05, 0) is 29.5 Å². The number of carbonyl (C=O) groups excluding carboxylic acids is 2.